The number of nitrogens with zero attached hydrogens (tertiary/aromatic N) is 3. The Bertz CT molecular complexity index is 1470. The zero-order valence-electron chi connectivity index (χ0n) is 18.4. The van der Waals surface area contributed by atoms with E-state index in [9.17, 15) is 27.9 Å². The molecule has 0 atom stereocenters. The maximum absolute atomic E-state index is 13.7. The van der Waals surface area contributed by atoms with Crippen LogP contribution in [-0.2, 0) is 26.2 Å². The van der Waals surface area contributed by atoms with E-state index in [1.165, 1.54) is 29.9 Å². The van der Waals surface area contributed by atoms with Crippen molar-refractivity contribution in [2.45, 2.75) is 43.0 Å². The quantitative estimate of drug-likeness (QED) is 0.395. The maximum atomic E-state index is 13.7. The number of aromatic hydroxyl groups is 1. The summed E-state index contributed by atoms with van der Waals surface area (Å²) >= 11 is 2.23. The van der Waals surface area contributed by atoms with Gasteiger partial charge in [0.25, 0.3) is 5.56 Å². The number of H-pyrrole nitrogens is 1. The van der Waals surface area contributed by atoms with Crippen molar-refractivity contribution < 1.29 is 18.3 Å². The summed E-state index contributed by atoms with van der Waals surface area (Å²) in [4.78, 5) is 34.5. The van der Waals surface area contributed by atoms with Gasteiger partial charge < -0.3 is 10.1 Å². The third kappa shape index (κ3) is 4.39. The molecule has 3 heterocycles. The van der Waals surface area contributed by atoms with Gasteiger partial charge in [-0.3, -0.25) is 13.9 Å². The summed E-state index contributed by atoms with van der Waals surface area (Å²) in [5.41, 5.74) is -2.26. The SMILES string of the molecule is CC(C)Cn1c(=O)n(C)c(=O)c2c(Sc3ncc[nH]3)c(Cc3cccc(O)c3C(F)(F)F)sc21. The molecule has 3 aromatic heterocycles. The average Bonchev–Trinajstić information content (AvgIpc) is 3.37. The van der Waals surface area contributed by atoms with Crippen molar-refractivity contribution in [2.24, 2.45) is 13.0 Å². The molecule has 1 aromatic carbocycles. The topological polar surface area (TPSA) is 92.9 Å². The highest BCUT2D eigenvalue weighted by Gasteiger charge is 2.37. The molecule has 7 nitrogen and oxygen atoms in total. The molecule has 12 heteroatoms. The van der Waals surface area contributed by atoms with Crippen LogP contribution in [0, 0.1) is 5.92 Å². The predicted octanol–water partition coefficient (Wildman–Crippen LogP) is 4.61. The molecular formula is C22H21F3N4O3S2. The van der Waals surface area contributed by atoms with Gasteiger partial charge in [-0.15, -0.1) is 11.3 Å². The second kappa shape index (κ2) is 8.99. The minimum absolute atomic E-state index is 0.0908. The van der Waals surface area contributed by atoms with E-state index in [2.05, 4.69) is 9.97 Å². The van der Waals surface area contributed by atoms with Crippen molar-refractivity contribution in [3.8, 4) is 5.75 Å². The molecule has 0 aliphatic carbocycles. The van der Waals surface area contributed by atoms with Crippen LogP contribution in [0.1, 0.15) is 29.9 Å². The number of aromatic amines is 1. The Morgan fingerprint density at radius 2 is 2.00 bits per heavy atom. The monoisotopic (exact) mass is 510 g/mol. The number of nitrogens with one attached hydrogen (secondary N) is 1. The van der Waals surface area contributed by atoms with Gasteiger partial charge in [-0.2, -0.15) is 13.2 Å². The van der Waals surface area contributed by atoms with Gasteiger partial charge in [0.15, 0.2) is 5.16 Å². The van der Waals surface area contributed by atoms with Crippen LogP contribution >= 0.6 is 23.1 Å². The Balaban J connectivity index is 2.01. The first-order chi connectivity index (χ1) is 16.0. The van der Waals surface area contributed by atoms with Crippen LogP contribution in [0.5, 0.6) is 5.75 Å². The molecule has 2 N–H and O–H groups in total. The van der Waals surface area contributed by atoms with E-state index in [0.29, 0.717) is 26.3 Å². The average molecular weight is 511 g/mol. The standard InChI is InChI=1S/C22H21F3N4O3S2/c1-11(2)10-29-19-15(18(31)28(3)21(29)32)17(34-20-26-7-8-27-20)14(33-19)9-12-5-4-6-13(30)16(12)22(23,24)25/h4-8,11,30H,9-10H2,1-3H3,(H,26,27). The number of hydrogen-bond acceptors (Lipinski definition) is 6. The van der Waals surface area contributed by atoms with Crippen LogP contribution in [0.2, 0.25) is 0 Å². The lowest BCUT2D eigenvalue weighted by Crippen LogP contribution is -2.38. The van der Waals surface area contributed by atoms with E-state index >= 15 is 0 Å². The van der Waals surface area contributed by atoms with Crippen molar-refractivity contribution in [1.29, 1.82) is 0 Å². The first-order valence-electron chi connectivity index (χ1n) is 10.3. The lowest BCUT2D eigenvalue weighted by molar-refractivity contribution is -0.139. The van der Waals surface area contributed by atoms with Crippen LogP contribution in [0.4, 0.5) is 13.2 Å². The number of imidazole rings is 1. The molecule has 180 valence electrons. The number of phenols is 1. The van der Waals surface area contributed by atoms with Crippen LogP contribution in [0.3, 0.4) is 0 Å². The van der Waals surface area contributed by atoms with E-state index < -0.39 is 28.7 Å². The van der Waals surface area contributed by atoms with Crippen molar-refractivity contribution >= 4 is 33.3 Å². The molecule has 0 bridgehead atoms. The lowest BCUT2D eigenvalue weighted by Gasteiger charge is -2.14. The van der Waals surface area contributed by atoms with Crippen LogP contribution < -0.4 is 11.2 Å². The summed E-state index contributed by atoms with van der Waals surface area (Å²) in [6, 6.07) is 3.64. The van der Waals surface area contributed by atoms with Gasteiger partial charge in [0.05, 0.1) is 5.39 Å². The Morgan fingerprint density at radius 3 is 2.62 bits per heavy atom. The van der Waals surface area contributed by atoms with Gasteiger partial charge in [0.2, 0.25) is 0 Å². The molecular weight excluding hydrogens is 489 g/mol. The second-order valence-corrected chi connectivity index (χ2v) is 10.3. The number of alkyl halides is 3. The Morgan fingerprint density at radius 1 is 1.26 bits per heavy atom. The third-order valence-electron chi connectivity index (χ3n) is 5.18. The zero-order chi connectivity index (χ0) is 24.8. The van der Waals surface area contributed by atoms with Crippen LogP contribution in [0.15, 0.2) is 50.2 Å². The minimum atomic E-state index is -4.76. The Labute approximate surface area is 199 Å². The normalized spacial score (nSPS) is 12.2. The molecule has 4 aromatic rings. The number of rotatable bonds is 6. The highest BCUT2D eigenvalue weighted by Crippen LogP contribution is 2.43. The highest BCUT2D eigenvalue weighted by atomic mass is 32.2. The van der Waals surface area contributed by atoms with Crippen molar-refractivity contribution in [3.05, 3.63) is 67.4 Å². The fourth-order valence-electron chi connectivity index (χ4n) is 3.74. The molecule has 0 aliphatic heterocycles. The van der Waals surface area contributed by atoms with E-state index in [-0.39, 0.29) is 23.3 Å². The molecule has 0 radical (unpaired) electrons. The molecule has 0 saturated heterocycles. The fraction of sp³-hybridized carbons (Fsp3) is 0.318. The molecule has 0 unspecified atom stereocenters. The number of hydrogen-bond donors (Lipinski definition) is 2. The number of phenolic OH excluding ortho intramolecular Hbond substituents is 1. The summed E-state index contributed by atoms with van der Waals surface area (Å²) in [6.45, 7) is 4.20. The predicted molar refractivity (Wildman–Crippen MR) is 125 cm³/mol. The lowest BCUT2D eigenvalue weighted by atomic mass is 10.0. The van der Waals surface area contributed by atoms with Gasteiger partial charge in [0, 0.05) is 42.2 Å². The number of benzene rings is 1. The van der Waals surface area contributed by atoms with Crippen LogP contribution in [-0.4, -0.2) is 24.2 Å². The molecule has 34 heavy (non-hydrogen) atoms. The summed E-state index contributed by atoms with van der Waals surface area (Å²) < 4.78 is 43.7. The second-order valence-electron chi connectivity index (χ2n) is 8.17. The van der Waals surface area contributed by atoms with Crippen molar-refractivity contribution in [3.63, 3.8) is 0 Å². The van der Waals surface area contributed by atoms with Crippen molar-refractivity contribution in [1.82, 2.24) is 19.1 Å². The first kappa shape index (κ1) is 24.1. The maximum Gasteiger partial charge on any atom is 0.420 e. The zero-order valence-corrected chi connectivity index (χ0v) is 20.1. The first-order valence-corrected chi connectivity index (χ1v) is 11.9. The van der Waals surface area contributed by atoms with Gasteiger partial charge in [0.1, 0.15) is 16.1 Å². The molecule has 0 saturated carbocycles. The minimum Gasteiger partial charge on any atom is -0.507 e. The summed E-state index contributed by atoms with van der Waals surface area (Å²) in [6.07, 6.45) is -1.83. The smallest absolute Gasteiger partial charge is 0.420 e. The highest BCUT2D eigenvalue weighted by molar-refractivity contribution is 7.99. The Hall–Kier alpha value is -2.99. The summed E-state index contributed by atoms with van der Waals surface area (Å²) in [5, 5.41) is 10.7. The van der Waals surface area contributed by atoms with Gasteiger partial charge >= 0.3 is 11.9 Å². The molecule has 0 spiro atoms. The van der Waals surface area contributed by atoms with Gasteiger partial charge in [-0.1, -0.05) is 26.0 Å². The largest absolute Gasteiger partial charge is 0.507 e. The summed E-state index contributed by atoms with van der Waals surface area (Å²) in [7, 11) is 1.39. The number of fused-ring (bicyclic) bond motifs is 1. The molecule has 0 aliphatic rings. The fourth-order valence-corrected chi connectivity index (χ4v) is 6.17. The summed E-state index contributed by atoms with van der Waals surface area (Å²) in [5.74, 6) is -0.771. The van der Waals surface area contributed by atoms with Crippen molar-refractivity contribution in [2.75, 3.05) is 0 Å². The third-order valence-corrected chi connectivity index (χ3v) is 7.59. The van der Waals surface area contributed by atoms with E-state index in [1.54, 1.807) is 6.20 Å². The number of halogens is 3. The number of thiophene rings is 1. The van der Waals surface area contributed by atoms with Gasteiger partial charge in [-0.25, -0.2) is 9.78 Å². The molecule has 4 rings (SSSR count). The van der Waals surface area contributed by atoms with E-state index in [4.69, 9.17) is 0 Å². The molecule has 0 fully saturated rings. The van der Waals surface area contributed by atoms with Crippen LogP contribution in [0.25, 0.3) is 10.2 Å². The Kier molecular flexibility index (Phi) is 6.38. The van der Waals surface area contributed by atoms with E-state index in [0.717, 1.165) is 33.7 Å². The number of aromatic nitrogens is 4. The molecule has 0 amide bonds. The van der Waals surface area contributed by atoms with Gasteiger partial charge in [-0.05, 0) is 29.3 Å². The van der Waals surface area contributed by atoms with E-state index in [1.807, 2.05) is 13.8 Å².